The van der Waals surface area contributed by atoms with E-state index in [9.17, 15) is 14.4 Å². The molecule has 5 rings (SSSR count). The van der Waals surface area contributed by atoms with Gasteiger partial charge in [-0.05, 0) is 18.2 Å². The molecule has 1 aromatic heterocycles. The van der Waals surface area contributed by atoms with Gasteiger partial charge in [0.2, 0.25) is 6.17 Å². The van der Waals surface area contributed by atoms with Gasteiger partial charge in [0.15, 0.2) is 0 Å². The van der Waals surface area contributed by atoms with Crippen LogP contribution in [0.3, 0.4) is 0 Å². The molecule has 2 N–H and O–H groups in total. The van der Waals surface area contributed by atoms with Crippen LogP contribution in [0.15, 0.2) is 89.9 Å². The average Bonchev–Trinajstić information content (AvgIpc) is 3.29. The molecule has 8 heteroatoms. The molecule has 36 heavy (non-hydrogen) atoms. The lowest BCUT2D eigenvalue weighted by Crippen LogP contribution is -2.48. The molecule has 1 aliphatic rings. The summed E-state index contributed by atoms with van der Waals surface area (Å²) in [5.74, 6) is -1.31. The minimum Gasteiger partial charge on any atom is -0.464 e. The quantitative estimate of drug-likeness (QED) is 0.411. The van der Waals surface area contributed by atoms with Gasteiger partial charge in [-0.25, -0.2) is 4.99 Å². The van der Waals surface area contributed by atoms with Gasteiger partial charge < -0.3 is 19.9 Å². The number of hydrogen-bond acceptors (Lipinski definition) is 5. The summed E-state index contributed by atoms with van der Waals surface area (Å²) in [6.07, 6.45) is -1.19. The number of benzene rings is 3. The second-order valence-electron chi connectivity index (χ2n) is 8.34. The number of benzodiazepines with no additional fused rings is 1. The third-order valence-electron chi connectivity index (χ3n) is 5.92. The summed E-state index contributed by atoms with van der Waals surface area (Å²) in [5, 5.41) is 3.68. The Balaban J connectivity index is 1.55. The number of fused-ring (bicyclic) bond motifs is 2. The summed E-state index contributed by atoms with van der Waals surface area (Å²) in [6.45, 7) is 1.45. The first kappa shape index (κ1) is 23.0. The third kappa shape index (κ3) is 4.61. The van der Waals surface area contributed by atoms with Crippen molar-refractivity contribution in [2.24, 2.45) is 4.99 Å². The van der Waals surface area contributed by atoms with E-state index in [1.807, 2.05) is 78.9 Å². The van der Waals surface area contributed by atoms with Crippen molar-refractivity contribution in [2.45, 2.75) is 13.1 Å². The number of aromatic amines is 1. The van der Waals surface area contributed by atoms with Gasteiger partial charge in [0, 0.05) is 29.0 Å². The van der Waals surface area contributed by atoms with Crippen molar-refractivity contribution < 1.29 is 19.1 Å². The predicted molar refractivity (Wildman–Crippen MR) is 137 cm³/mol. The minimum absolute atomic E-state index is 0.0127. The number of rotatable bonds is 6. The number of aromatic nitrogens is 1. The van der Waals surface area contributed by atoms with Crippen LogP contribution in [0.2, 0.25) is 0 Å². The Bertz CT molecular complexity index is 1440. The van der Waals surface area contributed by atoms with E-state index >= 15 is 0 Å². The molecule has 0 bridgehead atoms. The zero-order chi connectivity index (χ0) is 25.1. The highest BCUT2D eigenvalue weighted by atomic mass is 16.5. The first-order valence-electron chi connectivity index (χ1n) is 11.6. The first-order valence-corrected chi connectivity index (χ1v) is 11.6. The molecule has 3 aromatic carbocycles. The molecule has 2 heterocycles. The number of carbonyl (C=O) groups excluding carboxylic acids is 3. The number of H-pyrrole nitrogens is 1. The van der Waals surface area contributed by atoms with Gasteiger partial charge in [-0.15, -0.1) is 0 Å². The van der Waals surface area contributed by atoms with E-state index < -0.39 is 23.9 Å². The van der Waals surface area contributed by atoms with Gasteiger partial charge in [0.1, 0.15) is 12.3 Å². The van der Waals surface area contributed by atoms with Crippen LogP contribution in [-0.4, -0.2) is 47.8 Å². The summed E-state index contributed by atoms with van der Waals surface area (Å²) in [5.41, 5.74) is 3.90. The maximum absolute atomic E-state index is 13.8. The summed E-state index contributed by atoms with van der Waals surface area (Å²) < 4.78 is 5.12. The zero-order valence-corrected chi connectivity index (χ0v) is 19.6. The van der Waals surface area contributed by atoms with Crippen molar-refractivity contribution >= 4 is 40.1 Å². The number of esters is 1. The van der Waals surface area contributed by atoms with E-state index in [2.05, 4.69) is 10.3 Å². The molecule has 180 valence electrons. The fourth-order valence-corrected chi connectivity index (χ4v) is 4.26. The lowest BCUT2D eigenvalue weighted by Gasteiger charge is -2.25. The molecule has 1 unspecified atom stereocenters. The molecular weight excluding hydrogens is 456 g/mol. The summed E-state index contributed by atoms with van der Waals surface area (Å²) in [6, 6.07) is 26.2. The molecule has 0 fully saturated rings. The fraction of sp³-hybridized carbons (Fsp3) is 0.143. The molecule has 0 spiro atoms. The SMILES string of the molecule is CC(=O)OCCN1C(=O)C(NC(=O)c2cc3ccccc3[nH]2)N=C(c2ccccc2)c2ccccc21. The average molecular weight is 481 g/mol. The van der Waals surface area contributed by atoms with Crippen LogP contribution in [0.1, 0.15) is 28.5 Å². The summed E-state index contributed by atoms with van der Waals surface area (Å²) in [4.78, 5) is 47.7. The Morgan fingerprint density at radius 3 is 2.50 bits per heavy atom. The fourth-order valence-electron chi connectivity index (χ4n) is 4.26. The maximum atomic E-state index is 13.8. The van der Waals surface area contributed by atoms with Crippen LogP contribution in [0.25, 0.3) is 10.9 Å². The highest BCUT2D eigenvalue weighted by molar-refractivity contribution is 6.20. The monoisotopic (exact) mass is 480 g/mol. The number of nitrogens with zero attached hydrogens (tertiary/aromatic N) is 2. The zero-order valence-electron chi connectivity index (χ0n) is 19.6. The van der Waals surface area contributed by atoms with Crippen LogP contribution in [0, 0.1) is 0 Å². The Labute approximate surface area is 207 Å². The summed E-state index contributed by atoms with van der Waals surface area (Å²) >= 11 is 0. The van der Waals surface area contributed by atoms with E-state index in [0.29, 0.717) is 17.1 Å². The van der Waals surface area contributed by atoms with Crippen LogP contribution >= 0.6 is 0 Å². The van der Waals surface area contributed by atoms with E-state index in [4.69, 9.17) is 9.73 Å². The van der Waals surface area contributed by atoms with Crippen LogP contribution in [-0.2, 0) is 14.3 Å². The first-order chi connectivity index (χ1) is 17.5. The number of para-hydroxylation sites is 2. The van der Waals surface area contributed by atoms with Gasteiger partial charge >= 0.3 is 5.97 Å². The van der Waals surface area contributed by atoms with Crippen molar-refractivity contribution in [1.82, 2.24) is 10.3 Å². The van der Waals surface area contributed by atoms with Crippen molar-refractivity contribution in [2.75, 3.05) is 18.1 Å². The van der Waals surface area contributed by atoms with E-state index in [1.165, 1.54) is 11.8 Å². The van der Waals surface area contributed by atoms with Gasteiger partial charge in [0.05, 0.1) is 17.9 Å². The number of carbonyl (C=O) groups is 3. The van der Waals surface area contributed by atoms with Gasteiger partial charge in [-0.1, -0.05) is 66.7 Å². The third-order valence-corrected chi connectivity index (χ3v) is 5.92. The van der Waals surface area contributed by atoms with Crippen molar-refractivity contribution in [3.05, 3.63) is 102 Å². The molecule has 0 saturated heterocycles. The number of amides is 2. The van der Waals surface area contributed by atoms with Crippen molar-refractivity contribution in [3.63, 3.8) is 0 Å². The van der Waals surface area contributed by atoms with Crippen molar-refractivity contribution in [1.29, 1.82) is 0 Å². The Hall–Kier alpha value is -4.72. The lowest BCUT2D eigenvalue weighted by molar-refractivity contribution is -0.141. The number of aliphatic imine (C=N–C) groups is 1. The van der Waals surface area contributed by atoms with Gasteiger partial charge in [-0.2, -0.15) is 0 Å². The standard InChI is InChI=1S/C28H24N4O4/c1-18(33)36-16-15-32-24-14-8-6-12-21(24)25(19-9-3-2-4-10-19)30-26(28(32)35)31-27(34)23-17-20-11-5-7-13-22(20)29-23/h2-14,17,26,29H,15-16H2,1H3,(H,31,34). The molecule has 8 nitrogen and oxygen atoms in total. The predicted octanol–water partition coefficient (Wildman–Crippen LogP) is 3.67. The highest BCUT2D eigenvalue weighted by Gasteiger charge is 2.33. The van der Waals surface area contributed by atoms with Crippen LogP contribution in [0.4, 0.5) is 5.69 Å². The second kappa shape index (κ2) is 9.87. The van der Waals surface area contributed by atoms with E-state index in [0.717, 1.165) is 22.0 Å². The number of nitrogens with one attached hydrogen (secondary N) is 2. The van der Waals surface area contributed by atoms with Gasteiger partial charge in [-0.3, -0.25) is 14.4 Å². The largest absolute Gasteiger partial charge is 0.464 e. The maximum Gasteiger partial charge on any atom is 0.302 e. The molecular formula is C28H24N4O4. The molecule has 1 atom stereocenters. The minimum atomic E-state index is -1.19. The molecule has 2 amide bonds. The van der Waals surface area contributed by atoms with Crippen LogP contribution < -0.4 is 10.2 Å². The van der Waals surface area contributed by atoms with Crippen molar-refractivity contribution in [3.8, 4) is 0 Å². The Morgan fingerprint density at radius 1 is 1.00 bits per heavy atom. The van der Waals surface area contributed by atoms with Crippen LogP contribution in [0.5, 0.6) is 0 Å². The Kier molecular flexibility index (Phi) is 6.32. The smallest absolute Gasteiger partial charge is 0.302 e. The van der Waals surface area contributed by atoms with E-state index in [1.54, 1.807) is 6.07 Å². The second-order valence-corrected chi connectivity index (χ2v) is 8.34. The number of hydrogen-bond donors (Lipinski definition) is 2. The number of ether oxygens (including phenoxy) is 1. The van der Waals surface area contributed by atoms with Gasteiger partial charge in [0.25, 0.3) is 11.8 Å². The lowest BCUT2D eigenvalue weighted by atomic mass is 10.0. The summed E-state index contributed by atoms with van der Waals surface area (Å²) in [7, 11) is 0. The molecule has 0 saturated carbocycles. The number of anilines is 1. The molecule has 1 aliphatic heterocycles. The molecule has 4 aromatic rings. The highest BCUT2D eigenvalue weighted by Crippen LogP contribution is 2.28. The Morgan fingerprint density at radius 2 is 1.72 bits per heavy atom. The molecule has 0 radical (unpaired) electrons. The normalized spacial score (nSPS) is 15.1. The van der Waals surface area contributed by atoms with E-state index in [-0.39, 0.29) is 13.2 Å². The topological polar surface area (TPSA) is 104 Å². The molecule has 0 aliphatic carbocycles.